The van der Waals surface area contributed by atoms with Crippen LogP contribution in [0.15, 0.2) is 18.2 Å². The molecule has 3 nitrogen and oxygen atoms in total. The third-order valence-electron chi connectivity index (χ3n) is 2.10. The fourth-order valence-corrected chi connectivity index (χ4v) is 1.54. The molecule has 1 rings (SSSR count). The van der Waals surface area contributed by atoms with E-state index in [4.69, 9.17) is 34.0 Å². The van der Waals surface area contributed by atoms with Crippen LogP contribution in [0.25, 0.3) is 0 Å². The third-order valence-corrected chi connectivity index (χ3v) is 2.84. The second-order valence-electron chi connectivity index (χ2n) is 3.22. The van der Waals surface area contributed by atoms with E-state index in [0.29, 0.717) is 16.5 Å². The van der Waals surface area contributed by atoms with Gasteiger partial charge in [0.2, 0.25) is 0 Å². The van der Waals surface area contributed by atoms with Gasteiger partial charge in [0, 0.05) is 6.54 Å². The lowest BCUT2D eigenvalue weighted by Crippen LogP contribution is -2.25. The van der Waals surface area contributed by atoms with Crippen molar-refractivity contribution in [3.63, 3.8) is 0 Å². The van der Waals surface area contributed by atoms with E-state index in [1.54, 1.807) is 18.2 Å². The van der Waals surface area contributed by atoms with Crippen LogP contribution in [0, 0.1) is 5.92 Å². The number of benzene rings is 1. The Morgan fingerprint density at radius 3 is 2.44 bits per heavy atom. The van der Waals surface area contributed by atoms with Crippen molar-refractivity contribution >= 4 is 41.6 Å². The lowest BCUT2D eigenvalue weighted by atomic mass is 10.00. The van der Waals surface area contributed by atoms with Crippen molar-refractivity contribution in [3.8, 4) is 0 Å². The zero-order valence-corrected chi connectivity index (χ0v) is 10.6. The minimum absolute atomic E-state index is 0. The van der Waals surface area contributed by atoms with Gasteiger partial charge in [0.25, 0.3) is 0 Å². The minimum Gasteiger partial charge on any atom is -0.481 e. The Hall–Kier alpha value is -0.480. The van der Waals surface area contributed by atoms with Crippen LogP contribution in [-0.2, 0) is 11.2 Å². The average Bonchev–Trinajstić information content (AvgIpc) is 2.19. The highest BCUT2D eigenvalue weighted by Crippen LogP contribution is 2.23. The van der Waals surface area contributed by atoms with E-state index in [-0.39, 0.29) is 19.0 Å². The van der Waals surface area contributed by atoms with E-state index in [2.05, 4.69) is 0 Å². The monoisotopic (exact) mass is 283 g/mol. The third kappa shape index (κ3) is 4.18. The summed E-state index contributed by atoms with van der Waals surface area (Å²) in [4.78, 5) is 10.7. The van der Waals surface area contributed by atoms with Crippen LogP contribution >= 0.6 is 35.6 Å². The molecule has 1 aromatic rings. The highest BCUT2D eigenvalue weighted by Gasteiger charge is 2.16. The van der Waals surface area contributed by atoms with Gasteiger partial charge in [-0.05, 0) is 24.1 Å². The quantitative estimate of drug-likeness (QED) is 0.893. The highest BCUT2D eigenvalue weighted by atomic mass is 35.5. The van der Waals surface area contributed by atoms with Crippen molar-refractivity contribution < 1.29 is 9.90 Å². The number of carboxylic acid groups (broad SMARTS) is 1. The zero-order chi connectivity index (χ0) is 11.4. The van der Waals surface area contributed by atoms with Gasteiger partial charge in [-0.25, -0.2) is 0 Å². The molecule has 0 spiro atoms. The summed E-state index contributed by atoms with van der Waals surface area (Å²) in [7, 11) is 0. The molecule has 6 heteroatoms. The second kappa shape index (κ2) is 6.97. The molecule has 0 aliphatic carbocycles. The van der Waals surface area contributed by atoms with Gasteiger partial charge < -0.3 is 10.8 Å². The Bertz CT molecular complexity index is 371. The van der Waals surface area contributed by atoms with Gasteiger partial charge in [0.1, 0.15) is 0 Å². The van der Waals surface area contributed by atoms with Gasteiger partial charge in [-0.3, -0.25) is 4.79 Å². The number of hydrogen-bond donors (Lipinski definition) is 2. The van der Waals surface area contributed by atoms with Crippen LogP contribution in [0.2, 0.25) is 10.0 Å². The van der Waals surface area contributed by atoms with Crippen molar-refractivity contribution in [1.29, 1.82) is 0 Å². The largest absolute Gasteiger partial charge is 0.481 e. The van der Waals surface area contributed by atoms with Crippen molar-refractivity contribution in [1.82, 2.24) is 0 Å². The van der Waals surface area contributed by atoms with E-state index in [9.17, 15) is 4.79 Å². The molecule has 0 aromatic heterocycles. The molecule has 0 heterocycles. The topological polar surface area (TPSA) is 63.3 Å². The summed E-state index contributed by atoms with van der Waals surface area (Å²) in [5.41, 5.74) is 6.17. The van der Waals surface area contributed by atoms with Crippen molar-refractivity contribution in [2.45, 2.75) is 6.42 Å². The van der Waals surface area contributed by atoms with Gasteiger partial charge in [0.15, 0.2) is 0 Å². The molecule has 0 bridgehead atoms. The van der Waals surface area contributed by atoms with E-state index in [1.165, 1.54) is 0 Å². The van der Waals surface area contributed by atoms with Gasteiger partial charge in [-0.2, -0.15) is 0 Å². The summed E-state index contributed by atoms with van der Waals surface area (Å²) in [6.07, 6.45) is 0.364. The first-order valence-electron chi connectivity index (χ1n) is 4.41. The maximum atomic E-state index is 10.7. The molecule has 0 aliphatic rings. The summed E-state index contributed by atoms with van der Waals surface area (Å²) >= 11 is 11.6. The van der Waals surface area contributed by atoms with Crippen LogP contribution in [0.3, 0.4) is 0 Å². The van der Waals surface area contributed by atoms with E-state index in [1.807, 2.05) is 0 Å². The normalized spacial score (nSPS) is 11.7. The molecule has 0 radical (unpaired) electrons. The van der Waals surface area contributed by atoms with Crippen molar-refractivity contribution in [2.75, 3.05) is 6.54 Å². The molecule has 0 unspecified atom stereocenters. The maximum absolute atomic E-state index is 10.7. The molecule has 0 aliphatic heterocycles. The number of aliphatic carboxylic acids is 1. The van der Waals surface area contributed by atoms with Crippen LogP contribution in [0.5, 0.6) is 0 Å². The van der Waals surface area contributed by atoms with Gasteiger partial charge in [-0.1, -0.05) is 29.3 Å². The Kier molecular flexibility index (Phi) is 6.76. The Labute approximate surface area is 110 Å². The summed E-state index contributed by atoms with van der Waals surface area (Å²) in [6, 6.07) is 5.06. The van der Waals surface area contributed by atoms with E-state index < -0.39 is 11.9 Å². The molecular formula is C10H12Cl3NO2. The van der Waals surface area contributed by atoms with Gasteiger partial charge in [-0.15, -0.1) is 12.4 Å². The molecule has 0 saturated carbocycles. The average molecular weight is 285 g/mol. The second-order valence-corrected chi connectivity index (χ2v) is 4.04. The predicted molar refractivity (Wildman–Crippen MR) is 67.6 cm³/mol. The Morgan fingerprint density at radius 2 is 2.00 bits per heavy atom. The number of rotatable bonds is 4. The molecule has 1 atom stereocenters. The first kappa shape index (κ1) is 15.5. The number of carbonyl (C=O) groups is 1. The standard InChI is InChI=1S/C10H11Cl2NO2.ClH/c11-8-2-1-6(4-9(8)12)3-7(5-13)10(14)15;/h1-2,4,7H,3,5,13H2,(H,14,15);1H/t7-;/m1./s1. The van der Waals surface area contributed by atoms with Gasteiger partial charge >= 0.3 is 5.97 Å². The summed E-state index contributed by atoms with van der Waals surface area (Å²) in [5.74, 6) is -1.48. The molecule has 0 fully saturated rings. The predicted octanol–water partition coefficient (Wildman–Crippen LogP) is 2.62. The molecular weight excluding hydrogens is 272 g/mol. The highest BCUT2D eigenvalue weighted by molar-refractivity contribution is 6.42. The van der Waals surface area contributed by atoms with Crippen LogP contribution in [0.4, 0.5) is 0 Å². The van der Waals surface area contributed by atoms with Crippen LogP contribution < -0.4 is 5.73 Å². The van der Waals surface area contributed by atoms with Crippen molar-refractivity contribution in [3.05, 3.63) is 33.8 Å². The minimum atomic E-state index is -0.899. The number of hydrogen-bond acceptors (Lipinski definition) is 2. The number of carboxylic acids is 1. The summed E-state index contributed by atoms with van der Waals surface area (Å²) in [6.45, 7) is 0.107. The van der Waals surface area contributed by atoms with Gasteiger partial charge in [0.05, 0.1) is 16.0 Å². The Morgan fingerprint density at radius 1 is 1.38 bits per heavy atom. The first-order chi connectivity index (χ1) is 7.04. The lowest BCUT2D eigenvalue weighted by Gasteiger charge is -2.09. The van der Waals surface area contributed by atoms with Crippen LogP contribution in [0.1, 0.15) is 5.56 Å². The van der Waals surface area contributed by atoms with Crippen molar-refractivity contribution in [2.24, 2.45) is 11.7 Å². The molecule has 0 saturated heterocycles. The molecule has 16 heavy (non-hydrogen) atoms. The smallest absolute Gasteiger partial charge is 0.308 e. The van der Waals surface area contributed by atoms with E-state index >= 15 is 0 Å². The number of nitrogens with two attached hydrogens (primary N) is 1. The number of halogens is 3. The van der Waals surface area contributed by atoms with E-state index in [0.717, 1.165) is 5.56 Å². The fourth-order valence-electron chi connectivity index (χ4n) is 1.22. The molecule has 3 N–H and O–H groups in total. The zero-order valence-electron chi connectivity index (χ0n) is 8.32. The fraction of sp³-hybridized carbons (Fsp3) is 0.300. The first-order valence-corrected chi connectivity index (χ1v) is 5.17. The Balaban J connectivity index is 0.00000225. The summed E-state index contributed by atoms with van der Waals surface area (Å²) in [5, 5.41) is 9.70. The maximum Gasteiger partial charge on any atom is 0.308 e. The molecule has 1 aromatic carbocycles. The molecule has 90 valence electrons. The summed E-state index contributed by atoms with van der Waals surface area (Å²) < 4.78 is 0. The molecule has 0 amide bonds. The lowest BCUT2D eigenvalue weighted by molar-refractivity contribution is -0.141. The van der Waals surface area contributed by atoms with Crippen LogP contribution in [-0.4, -0.2) is 17.6 Å². The SMILES string of the molecule is Cl.NC[C@@H](Cc1ccc(Cl)c(Cl)c1)C(=O)O.